The van der Waals surface area contributed by atoms with E-state index in [2.05, 4.69) is 5.32 Å². The second kappa shape index (κ2) is 8.93. The maximum Gasteiger partial charge on any atom is 0.327 e. The number of nitrogens with one attached hydrogen (secondary N) is 1. The molecule has 6 nitrogen and oxygen atoms in total. The largest absolute Gasteiger partial charge is 0.397 e. The molecule has 3 rings (SSSR count). The second-order valence-electron chi connectivity index (χ2n) is 6.56. The van der Waals surface area contributed by atoms with E-state index in [1.165, 1.54) is 13.8 Å². The van der Waals surface area contributed by atoms with Crippen LogP contribution >= 0.6 is 18.9 Å². The highest BCUT2D eigenvalue weighted by Crippen LogP contribution is 2.47. The van der Waals surface area contributed by atoms with Gasteiger partial charge < -0.3 is 20.1 Å². The van der Waals surface area contributed by atoms with E-state index < -0.39 is 13.7 Å². The summed E-state index contributed by atoms with van der Waals surface area (Å²) < 4.78 is 22.3. The molecule has 0 aliphatic rings. The summed E-state index contributed by atoms with van der Waals surface area (Å²) in [4.78, 5) is 13.8. The van der Waals surface area contributed by atoms with Gasteiger partial charge in [-0.3, -0.25) is 9.36 Å². The van der Waals surface area contributed by atoms with Gasteiger partial charge in [-0.2, -0.15) is 0 Å². The van der Waals surface area contributed by atoms with Crippen molar-refractivity contribution in [3.63, 3.8) is 0 Å². The van der Waals surface area contributed by atoms with Crippen LogP contribution in [0.3, 0.4) is 0 Å². The average molecular weight is 430 g/mol. The molecule has 0 saturated carbocycles. The topological polar surface area (TPSA) is 90.6 Å². The first-order valence-corrected chi connectivity index (χ1v) is 11.8. The van der Waals surface area contributed by atoms with Crippen LogP contribution in [0.15, 0.2) is 60.0 Å². The Kier molecular flexibility index (Phi) is 6.55. The zero-order chi connectivity index (χ0) is 21.0. The predicted octanol–water partition coefficient (Wildman–Crippen LogP) is 5.80. The number of anilines is 2. The maximum atomic E-state index is 12.7. The minimum atomic E-state index is -3.10. The van der Waals surface area contributed by atoms with Crippen molar-refractivity contribution in [2.75, 3.05) is 24.8 Å². The van der Waals surface area contributed by atoms with Crippen LogP contribution < -0.4 is 11.1 Å². The molecule has 1 heterocycles. The molecule has 2 aromatic carbocycles. The normalized spacial score (nSPS) is 14.2. The van der Waals surface area contributed by atoms with Gasteiger partial charge in [-0.1, -0.05) is 24.3 Å². The Morgan fingerprint density at radius 3 is 2.52 bits per heavy atom. The van der Waals surface area contributed by atoms with Gasteiger partial charge in [0.1, 0.15) is 0 Å². The molecule has 2 unspecified atom stereocenters. The van der Waals surface area contributed by atoms with Gasteiger partial charge in [0.15, 0.2) is 0 Å². The number of amides is 1. The van der Waals surface area contributed by atoms with Crippen LogP contribution in [-0.2, 0) is 13.6 Å². The first-order chi connectivity index (χ1) is 13.8. The molecule has 3 N–H and O–H groups in total. The number of hydrogen-bond donors (Lipinski definition) is 2. The number of hydrogen-bond acceptors (Lipinski definition) is 6. The van der Waals surface area contributed by atoms with Crippen LogP contribution in [0.2, 0.25) is 0 Å². The molecule has 2 atom stereocenters. The van der Waals surface area contributed by atoms with Gasteiger partial charge in [-0.15, -0.1) is 11.3 Å². The van der Waals surface area contributed by atoms with Crippen molar-refractivity contribution in [3.05, 3.63) is 71.1 Å². The summed E-state index contributed by atoms with van der Waals surface area (Å²) in [6, 6.07) is 16.5. The summed E-state index contributed by atoms with van der Waals surface area (Å²) in [5.74, 6) is -0.266. The van der Waals surface area contributed by atoms with Gasteiger partial charge in [0, 0.05) is 24.2 Å². The van der Waals surface area contributed by atoms with Gasteiger partial charge in [-0.05, 0) is 53.8 Å². The van der Waals surface area contributed by atoms with E-state index in [1.807, 2.05) is 29.6 Å². The molecule has 3 aromatic rings. The monoisotopic (exact) mass is 430 g/mol. The molecule has 0 saturated heterocycles. The fraction of sp³-hybridized carbons (Fsp3) is 0.190. The zero-order valence-corrected chi connectivity index (χ0v) is 18.1. The first kappa shape index (κ1) is 21.3. The number of benzene rings is 2. The molecule has 0 fully saturated rings. The molecule has 0 aliphatic heterocycles. The number of nitrogen functional groups attached to an aromatic ring is 1. The lowest BCUT2D eigenvalue weighted by atomic mass is 10.1. The Labute approximate surface area is 174 Å². The van der Waals surface area contributed by atoms with E-state index in [1.54, 1.807) is 48.6 Å². The van der Waals surface area contributed by atoms with Crippen molar-refractivity contribution in [2.24, 2.45) is 0 Å². The Bertz CT molecular complexity index is 1040. The van der Waals surface area contributed by atoms with Crippen molar-refractivity contribution >= 4 is 36.2 Å². The van der Waals surface area contributed by atoms with Crippen LogP contribution in [0.4, 0.5) is 11.4 Å². The minimum Gasteiger partial charge on any atom is -0.397 e. The zero-order valence-electron chi connectivity index (χ0n) is 16.4. The van der Waals surface area contributed by atoms with Gasteiger partial charge in [-0.25, -0.2) is 0 Å². The second-order valence-corrected chi connectivity index (χ2v) is 9.62. The molecular weight excluding hydrogens is 407 g/mol. The Morgan fingerprint density at radius 2 is 1.90 bits per heavy atom. The van der Waals surface area contributed by atoms with E-state index in [4.69, 9.17) is 14.8 Å². The highest BCUT2D eigenvalue weighted by atomic mass is 32.1. The van der Waals surface area contributed by atoms with Crippen molar-refractivity contribution in [1.29, 1.82) is 0 Å². The van der Waals surface area contributed by atoms with E-state index in [9.17, 15) is 9.36 Å². The lowest BCUT2D eigenvalue weighted by Crippen LogP contribution is -2.13. The predicted molar refractivity (Wildman–Crippen MR) is 119 cm³/mol. The molecule has 1 aromatic heterocycles. The highest BCUT2D eigenvalue weighted by molar-refractivity contribution is 7.52. The number of carbonyl (C=O) groups is 1. The fourth-order valence-corrected chi connectivity index (χ4v) is 4.26. The van der Waals surface area contributed by atoms with E-state index >= 15 is 0 Å². The minimum absolute atomic E-state index is 0.266. The average Bonchev–Trinajstić information content (AvgIpc) is 3.24. The van der Waals surface area contributed by atoms with Gasteiger partial charge in [0.2, 0.25) is 0 Å². The van der Waals surface area contributed by atoms with Crippen LogP contribution in [-0.4, -0.2) is 19.7 Å². The van der Waals surface area contributed by atoms with E-state index in [0.717, 1.165) is 16.0 Å². The number of nitrogens with two attached hydrogens (primary N) is 1. The molecule has 8 heteroatoms. The molecule has 29 heavy (non-hydrogen) atoms. The van der Waals surface area contributed by atoms with Crippen LogP contribution in [0.5, 0.6) is 0 Å². The van der Waals surface area contributed by atoms with Crippen LogP contribution in [0.25, 0.3) is 10.4 Å². The summed E-state index contributed by atoms with van der Waals surface area (Å²) in [6.07, 6.45) is -0.430. The summed E-state index contributed by atoms with van der Waals surface area (Å²) in [6.45, 7) is 3.20. The SMILES string of the molecule is COP(C)(=O)OC(C)c1ccc(C(=O)Nc2cc(-c3cccs3)ccc2N)cc1. The molecular formula is C21H23N2O4PS. The third-order valence-electron chi connectivity index (χ3n) is 4.43. The van der Waals surface area contributed by atoms with E-state index in [-0.39, 0.29) is 5.91 Å². The summed E-state index contributed by atoms with van der Waals surface area (Å²) in [7, 11) is -1.75. The molecule has 0 bridgehead atoms. The maximum absolute atomic E-state index is 12.7. The lowest BCUT2D eigenvalue weighted by Gasteiger charge is -2.18. The van der Waals surface area contributed by atoms with Gasteiger partial charge in [0.05, 0.1) is 17.5 Å². The number of thiophene rings is 1. The molecule has 0 spiro atoms. The quantitative estimate of drug-likeness (QED) is 0.365. The molecule has 0 aliphatic carbocycles. The standard InChI is InChI=1S/C21H23N2O4PS/c1-14(27-28(3,25)26-2)15-6-8-16(9-7-15)21(24)23-19-13-17(10-11-18(19)22)20-5-4-12-29-20/h4-14H,22H2,1-3H3,(H,23,24). The summed E-state index contributed by atoms with van der Waals surface area (Å²) >= 11 is 1.62. The van der Waals surface area contributed by atoms with Crippen LogP contribution in [0, 0.1) is 0 Å². The molecule has 1 amide bonds. The first-order valence-electron chi connectivity index (χ1n) is 8.95. The third kappa shape index (κ3) is 5.34. The van der Waals surface area contributed by atoms with Crippen molar-refractivity contribution in [1.82, 2.24) is 0 Å². The van der Waals surface area contributed by atoms with Crippen molar-refractivity contribution in [2.45, 2.75) is 13.0 Å². The highest BCUT2D eigenvalue weighted by Gasteiger charge is 2.20. The third-order valence-corrected chi connectivity index (χ3v) is 6.71. The van der Waals surface area contributed by atoms with Gasteiger partial charge in [0.25, 0.3) is 5.91 Å². The summed E-state index contributed by atoms with van der Waals surface area (Å²) in [5, 5.41) is 4.87. The molecule has 152 valence electrons. The van der Waals surface area contributed by atoms with Gasteiger partial charge >= 0.3 is 7.60 Å². The Balaban J connectivity index is 1.73. The van der Waals surface area contributed by atoms with E-state index in [0.29, 0.717) is 16.9 Å². The fourth-order valence-electron chi connectivity index (χ4n) is 2.75. The summed E-state index contributed by atoms with van der Waals surface area (Å²) in [5.41, 5.74) is 9.36. The number of carbonyl (C=O) groups excluding carboxylic acids is 1. The Morgan fingerprint density at radius 1 is 1.17 bits per heavy atom. The van der Waals surface area contributed by atoms with Crippen LogP contribution in [0.1, 0.15) is 28.9 Å². The lowest BCUT2D eigenvalue weighted by molar-refractivity contribution is 0.102. The number of rotatable bonds is 7. The van der Waals surface area contributed by atoms with Crippen molar-refractivity contribution in [3.8, 4) is 10.4 Å². The smallest absolute Gasteiger partial charge is 0.327 e. The van der Waals surface area contributed by atoms with Crippen molar-refractivity contribution < 1.29 is 18.4 Å². The molecule has 0 radical (unpaired) electrons. The Hall–Kier alpha value is -2.44.